The number of nitrogens with zero attached hydrogens (tertiary/aromatic N) is 1. The second-order valence-electron chi connectivity index (χ2n) is 5.23. The van der Waals surface area contributed by atoms with E-state index in [1.54, 1.807) is 6.07 Å². The highest BCUT2D eigenvalue weighted by atomic mass is 19.1. The summed E-state index contributed by atoms with van der Waals surface area (Å²) < 4.78 is 13.3. The summed E-state index contributed by atoms with van der Waals surface area (Å²) in [5, 5.41) is 2.92. The Balaban J connectivity index is 1.95. The maximum absolute atomic E-state index is 13.3. The number of carbonyl (C=O) groups is 1. The van der Waals surface area contributed by atoms with Crippen molar-refractivity contribution >= 4 is 11.6 Å². The maximum Gasteiger partial charge on any atom is 0.225 e. The lowest BCUT2D eigenvalue weighted by molar-refractivity contribution is -0.122. The van der Waals surface area contributed by atoms with Crippen molar-refractivity contribution in [2.45, 2.75) is 25.4 Å². The minimum absolute atomic E-state index is 0.0597. The number of hydrogen-bond acceptors (Lipinski definition) is 3. The van der Waals surface area contributed by atoms with E-state index in [1.807, 2.05) is 0 Å². The Hall–Kier alpha value is -1.62. The zero-order chi connectivity index (χ0) is 13.4. The van der Waals surface area contributed by atoms with Gasteiger partial charge in [0.2, 0.25) is 5.91 Å². The van der Waals surface area contributed by atoms with Gasteiger partial charge in [-0.3, -0.25) is 4.79 Å². The average Bonchev–Trinajstić information content (AvgIpc) is 2.81. The second-order valence-corrected chi connectivity index (χ2v) is 5.23. The first-order valence-corrected chi connectivity index (χ1v) is 6.73. The minimum Gasteiger partial charge on any atom is -0.366 e. The van der Waals surface area contributed by atoms with Crippen molar-refractivity contribution < 1.29 is 9.18 Å². The Morgan fingerprint density at radius 2 is 2.32 bits per heavy atom. The Morgan fingerprint density at radius 3 is 3.11 bits per heavy atom. The van der Waals surface area contributed by atoms with E-state index in [0.29, 0.717) is 13.1 Å². The summed E-state index contributed by atoms with van der Waals surface area (Å²) in [7, 11) is 0. The van der Waals surface area contributed by atoms with E-state index < -0.39 is 0 Å². The minimum atomic E-state index is -0.265. The normalized spacial score (nSPS) is 26.2. The van der Waals surface area contributed by atoms with Crippen LogP contribution in [0.2, 0.25) is 0 Å². The first kappa shape index (κ1) is 12.4. The molecule has 2 saturated heterocycles. The van der Waals surface area contributed by atoms with Crippen LogP contribution in [0.1, 0.15) is 18.4 Å². The molecule has 2 aliphatic rings. The van der Waals surface area contributed by atoms with Gasteiger partial charge in [0.05, 0.1) is 12.0 Å². The third-order valence-electron chi connectivity index (χ3n) is 4.17. The van der Waals surface area contributed by atoms with Gasteiger partial charge >= 0.3 is 0 Å². The molecule has 4 nitrogen and oxygen atoms in total. The van der Waals surface area contributed by atoms with Crippen molar-refractivity contribution in [2.75, 3.05) is 18.0 Å². The summed E-state index contributed by atoms with van der Waals surface area (Å²) in [4.78, 5) is 14.0. The number of fused-ring (bicyclic) bond motifs is 1. The van der Waals surface area contributed by atoms with Gasteiger partial charge in [-0.05, 0) is 36.6 Å². The van der Waals surface area contributed by atoms with Crippen molar-refractivity contribution in [3.63, 3.8) is 0 Å². The maximum atomic E-state index is 13.3. The molecule has 0 bridgehead atoms. The largest absolute Gasteiger partial charge is 0.366 e. The molecule has 0 aromatic heterocycles. The summed E-state index contributed by atoms with van der Waals surface area (Å²) in [5.41, 5.74) is 7.49. The zero-order valence-electron chi connectivity index (χ0n) is 10.7. The van der Waals surface area contributed by atoms with E-state index in [9.17, 15) is 9.18 Å². The van der Waals surface area contributed by atoms with E-state index >= 15 is 0 Å². The summed E-state index contributed by atoms with van der Waals surface area (Å²) >= 11 is 0. The van der Waals surface area contributed by atoms with Crippen molar-refractivity contribution in [3.05, 3.63) is 29.6 Å². The number of amides is 1. The molecule has 19 heavy (non-hydrogen) atoms. The molecule has 0 radical (unpaired) electrons. The number of nitrogens with one attached hydrogen (secondary N) is 1. The van der Waals surface area contributed by atoms with Crippen LogP contribution in [0.25, 0.3) is 0 Å². The van der Waals surface area contributed by atoms with Crippen LogP contribution in [0.15, 0.2) is 18.2 Å². The van der Waals surface area contributed by atoms with Gasteiger partial charge in [0, 0.05) is 25.3 Å². The molecule has 0 aliphatic carbocycles. The van der Waals surface area contributed by atoms with Gasteiger partial charge in [-0.15, -0.1) is 0 Å². The van der Waals surface area contributed by atoms with Gasteiger partial charge in [0.1, 0.15) is 5.82 Å². The fourth-order valence-corrected chi connectivity index (χ4v) is 3.25. The lowest BCUT2D eigenvalue weighted by atomic mass is 9.90. The van der Waals surface area contributed by atoms with E-state index in [-0.39, 0.29) is 23.7 Å². The first-order valence-electron chi connectivity index (χ1n) is 6.73. The number of benzene rings is 1. The number of carbonyl (C=O) groups excluding carboxylic acids is 1. The molecule has 2 atom stereocenters. The molecule has 1 amide bonds. The van der Waals surface area contributed by atoms with Gasteiger partial charge in [-0.25, -0.2) is 4.39 Å². The molecule has 102 valence electrons. The fraction of sp³-hybridized carbons (Fsp3) is 0.500. The lowest BCUT2D eigenvalue weighted by Gasteiger charge is -2.38. The Kier molecular flexibility index (Phi) is 3.14. The van der Waals surface area contributed by atoms with Crippen molar-refractivity contribution in [1.29, 1.82) is 0 Å². The van der Waals surface area contributed by atoms with E-state index in [1.165, 1.54) is 12.1 Å². The standard InChI is InChI=1S/C14H18FN3O/c15-10-3-4-12(9(6-10)7-16)18-5-1-2-11-13(18)8-17-14(11)19/h3-4,6,11,13H,1-2,5,7-8,16H2,(H,17,19). The highest BCUT2D eigenvalue weighted by molar-refractivity contribution is 5.83. The SMILES string of the molecule is NCc1cc(F)ccc1N1CCCC2C(=O)NCC21. The smallest absolute Gasteiger partial charge is 0.225 e. The number of rotatable bonds is 2. The molecule has 3 rings (SSSR count). The van der Waals surface area contributed by atoms with Crippen LogP contribution in [0.5, 0.6) is 0 Å². The predicted octanol–water partition coefficient (Wildman–Crippen LogP) is 0.999. The average molecular weight is 263 g/mol. The number of hydrogen-bond donors (Lipinski definition) is 2. The monoisotopic (exact) mass is 263 g/mol. The van der Waals surface area contributed by atoms with Gasteiger partial charge in [-0.2, -0.15) is 0 Å². The molecule has 1 aromatic rings. The molecule has 2 aliphatic heterocycles. The zero-order valence-corrected chi connectivity index (χ0v) is 10.7. The highest BCUT2D eigenvalue weighted by Crippen LogP contribution is 2.33. The van der Waals surface area contributed by atoms with Gasteiger partial charge in [0.25, 0.3) is 0 Å². The molecular weight excluding hydrogens is 245 g/mol. The number of anilines is 1. The lowest BCUT2D eigenvalue weighted by Crippen LogP contribution is -2.46. The molecule has 2 fully saturated rings. The summed E-state index contributed by atoms with van der Waals surface area (Å²) in [5.74, 6) is -0.0612. The molecule has 0 spiro atoms. The van der Waals surface area contributed by atoms with Gasteiger partial charge in [-0.1, -0.05) is 0 Å². The Morgan fingerprint density at radius 1 is 1.47 bits per heavy atom. The number of halogens is 1. The van der Waals surface area contributed by atoms with Gasteiger partial charge < -0.3 is 16.0 Å². The molecule has 2 unspecified atom stereocenters. The topological polar surface area (TPSA) is 58.4 Å². The van der Waals surface area contributed by atoms with E-state index in [4.69, 9.17) is 5.73 Å². The van der Waals surface area contributed by atoms with Crippen molar-refractivity contribution in [2.24, 2.45) is 11.7 Å². The van der Waals surface area contributed by atoms with Crippen molar-refractivity contribution in [1.82, 2.24) is 5.32 Å². The predicted molar refractivity (Wildman–Crippen MR) is 71.2 cm³/mol. The quantitative estimate of drug-likeness (QED) is 0.837. The summed E-state index contributed by atoms with van der Waals surface area (Å²) in [6.45, 7) is 1.88. The molecule has 0 saturated carbocycles. The van der Waals surface area contributed by atoms with Crippen LogP contribution < -0.4 is 16.0 Å². The Bertz CT molecular complexity index is 505. The fourth-order valence-electron chi connectivity index (χ4n) is 3.25. The van der Waals surface area contributed by atoms with Crippen LogP contribution in [-0.2, 0) is 11.3 Å². The van der Waals surface area contributed by atoms with Crippen molar-refractivity contribution in [3.8, 4) is 0 Å². The van der Waals surface area contributed by atoms with Gasteiger partial charge in [0.15, 0.2) is 0 Å². The summed E-state index contributed by atoms with van der Waals surface area (Å²) in [6, 6.07) is 4.91. The van der Waals surface area contributed by atoms with E-state index in [0.717, 1.165) is 30.6 Å². The Labute approximate surface area is 111 Å². The number of piperidine rings is 1. The van der Waals surface area contributed by atoms with Crippen LogP contribution >= 0.6 is 0 Å². The number of nitrogens with two attached hydrogens (primary N) is 1. The summed E-state index contributed by atoms with van der Waals surface area (Å²) in [6.07, 6.45) is 1.92. The third-order valence-corrected chi connectivity index (χ3v) is 4.17. The third kappa shape index (κ3) is 2.08. The van der Waals surface area contributed by atoms with Crippen LogP contribution in [-0.4, -0.2) is 25.0 Å². The van der Waals surface area contributed by atoms with Crippen LogP contribution in [0.3, 0.4) is 0 Å². The van der Waals surface area contributed by atoms with Crippen LogP contribution in [0.4, 0.5) is 10.1 Å². The molecule has 1 aromatic carbocycles. The van der Waals surface area contributed by atoms with Crippen LogP contribution in [0, 0.1) is 11.7 Å². The molecule has 3 N–H and O–H groups in total. The molecule has 2 heterocycles. The molecule has 5 heteroatoms. The molecular formula is C14H18FN3O. The second kappa shape index (κ2) is 4.81. The van der Waals surface area contributed by atoms with E-state index in [2.05, 4.69) is 10.2 Å². The first-order chi connectivity index (χ1) is 9.20. The highest BCUT2D eigenvalue weighted by Gasteiger charge is 2.41.